The molecular weight excluding hydrogens is 260 g/mol. The molecule has 0 radical (unpaired) electrons. The van der Waals surface area contributed by atoms with Crippen molar-refractivity contribution in [1.29, 1.82) is 0 Å². The van der Waals surface area contributed by atoms with Gasteiger partial charge in [-0.3, -0.25) is 10.1 Å². The minimum absolute atomic E-state index is 0.0400. The van der Waals surface area contributed by atoms with Crippen molar-refractivity contribution in [1.82, 2.24) is 4.98 Å². The summed E-state index contributed by atoms with van der Waals surface area (Å²) in [6.07, 6.45) is 0. The van der Waals surface area contributed by atoms with Crippen molar-refractivity contribution in [2.75, 3.05) is 24.8 Å². The van der Waals surface area contributed by atoms with Gasteiger partial charge in [-0.2, -0.15) is 0 Å². The Bertz CT molecular complexity index is 631. The number of pyridine rings is 1. The summed E-state index contributed by atoms with van der Waals surface area (Å²) in [6, 6.07) is 10.0. The summed E-state index contributed by atoms with van der Waals surface area (Å²) in [4.78, 5) is 14.7. The monoisotopic (exact) mass is 274 g/mol. The zero-order valence-corrected chi connectivity index (χ0v) is 11.1. The molecule has 0 unspecified atom stereocenters. The van der Waals surface area contributed by atoms with Gasteiger partial charge in [-0.05, 0) is 12.1 Å². The molecule has 1 heterocycles. The molecule has 0 atom stereocenters. The predicted octanol–water partition coefficient (Wildman–Crippen LogP) is 2.78. The van der Waals surface area contributed by atoms with Gasteiger partial charge in [0.1, 0.15) is 17.4 Å². The van der Waals surface area contributed by atoms with Gasteiger partial charge in [0.15, 0.2) is 0 Å². The zero-order valence-electron chi connectivity index (χ0n) is 11.1. The third-order valence-corrected chi connectivity index (χ3v) is 2.65. The Morgan fingerprint density at radius 1 is 1.25 bits per heavy atom. The Morgan fingerprint density at radius 3 is 2.60 bits per heavy atom. The largest absolute Gasteiger partial charge is 0.495 e. The Kier molecular flexibility index (Phi) is 3.99. The van der Waals surface area contributed by atoms with E-state index in [-0.39, 0.29) is 5.69 Å². The highest BCUT2D eigenvalue weighted by molar-refractivity contribution is 5.67. The summed E-state index contributed by atoms with van der Waals surface area (Å²) in [5, 5.41) is 16.7. The number of aromatic nitrogens is 1. The molecule has 0 saturated heterocycles. The Morgan fingerprint density at radius 2 is 1.95 bits per heavy atom. The van der Waals surface area contributed by atoms with Crippen molar-refractivity contribution >= 4 is 23.0 Å². The maximum Gasteiger partial charge on any atom is 0.276 e. The van der Waals surface area contributed by atoms with E-state index in [1.54, 1.807) is 26.3 Å². The summed E-state index contributed by atoms with van der Waals surface area (Å²) in [6.45, 7) is 0. The zero-order chi connectivity index (χ0) is 14.5. The summed E-state index contributed by atoms with van der Waals surface area (Å²) in [7, 11) is 3.21. The van der Waals surface area contributed by atoms with E-state index >= 15 is 0 Å². The van der Waals surface area contributed by atoms with Gasteiger partial charge in [0.25, 0.3) is 5.69 Å². The van der Waals surface area contributed by atoms with Gasteiger partial charge >= 0.3 is 0 Å². The van der Waals surface area contributed by atoms with Crippen molar-refractivity contribution in [2.45, 2.75) is 0 Å². The molecule has 0 spiro atoms. The molecule has 0 saturated carbocycles. The number of nitro groups is 1. The molecule has 0 aliphatic heterocycles. The topological polar surface area (TPSA) is 89.3 Å². The van der Waals surface area contributed by atoms with Gasteiger partial charge < -0.3 is 15.4 Å². The molecule has 0 bridgehead atoms. The van der Waals surface area contributed by atoms with E-state index in [9.17, 15) is 10.1 Å². The van der Waals surface area contributed by atoms with Gasteiger partial charge in [-0.25, -0.2) is 4.98 Å². The van der Waals surface area contributed by atoms with Crippen LogP contribution in [0.25, 0.3) is 0 Å². The number of para-hydroxylation sites is 2. The summed E-state index contributed by atoms with van der Waals surface area (Å²) in [5.74, 6) is 1.41. The van der Waals surface area contributed by atoms with Crippen LogP contribution in [0.5, 0.6) is 5.75 Å². The van der Waals surface area contributed by atoms with Crippen LogP contribution in [0, 0.1) is 10.1 Å². The number of anilines is 3. The molecule has 0 aliphatic carbocycles. The molecule has 7 nitrogen and oxygen atoms in total. The summed E-state index contributed by atoms with van der Waals surface area (Å²) >= 11 is 0. The fraction of sp³-hybridized carbons (Fsp3) is 0.154. The first-order valence-corrected chi connectivity index (χ1v) is 5.88. The van der Waals surface area contributed by atoms with E-state index in [1.165, 1.54) is 12.1 Å². The molecule has 104 valence electrons. The van der Waals surface area contributed by atoms with Crippen LogP contribution >= 0.6 is 0 Å². The minimum atomic E-state index is -0.462. The Hall–Kier alpha value is -2.83. The van der Waals surface area contributed by atoms with Crippen LogP contribution in [0.4, 0.5) is 23.0 Å². The van der Waals surface area contributed by atoms with Crippen molar-refractivity contribution in [3.05, 3.63) is 46.5 Å². The second-order valence-electron chi connectivity index (χ2n) is 3.93. The van der Waals surface area contributed by atoms with Crippen molar-refractivity contribution in [2.24, 2.45) is 0 Å². The lowest BCUT2D eigenvalue weighted by molar-refractivity contribution is -0.384. The molecule has 20 heavy (non-hydrogen) atoms. The van der Waals surface area contributed by atoms with Crippen molar-refractivity contribution in [3.8, 4) is 5.75 Å². The molecule has 0 aliphatic rings. The predicted molar refractivity (Wildman–Crippen MR) is 76.7 cm³/mol. The number of hydrogen-bond donors (Lipinski definition) is 2. The quantitative estimate of drug-likeness (QED) is 0.643. The van der Waals surface area contributed by atoms with Crippen LogP contribution in [0.2, 0.25) is 0 Å². The standard InChI is InChI=1S/C13H14N4O3/c1-14-12-7-9(17(18)19)8-13(16-12)15-10-5-3-4-6-11(10)20-2/h3-8H,1-2H3,(H2,14,15,16). The van der Waals surface area contributed by atoms with Crippen molar-refractivity contribution in [3.63, 3.8) is 0 Å². The van der Waals surface area contributed by atoms with Crippen LogP contribution in [0.3, 0.4) is 0 Å². The molecule has 7 heteroatoms. The number of methoxy groups -OCH3 is 1. The van der Waals surface area contributed by atoms with E-state index in [0.29, 0.717) is 23.1 Å². The summed E-state index contributed by atoms with van der Waals surface area (Å²) in [5.41, 5.74) is 0.645. The van der Waals surface area contributed by atoms with Crippen LogP contribution in [-0.4, -0.2) is 24.1 Å². The number of nitrogens with zero attached hydrogens (tertiary/aromatic N) is 2. The third-order valence-electron chi connectivity index (χ3n) is 2.65. The van der Waals surface area contributed by atoms with Gasteiger partial charge in [0.2, 0.25) is 0 Å². The lowest BCUT2D eigenvalue weighted by atomic mass is 10.3. The summed E-state index contributed by atoms with van der Waals surface area (Å²) < 4.78 is 5.21. The highest BCUT2D eigenvalue weighted by atomic mass is 16.6. The molecule has 1 aromatic carbocycles. The second-order valence-corrected chi connectivity index (χ2v) is 3.93. The molecular formula is C13H14N4O3. The number of benzene rings is 1. The first-order chi connectivity index (χ1) is 9.63. The van der Waals surface area contributed by atoms with E-state index in [2.05, 4.69) is 15.6 Å². The third kappa shape index (κ3) is 2.94. The normalized spacial score (nSPS) is 9.90. The van der Waals surface area contributed by atoms with Crippen LogP contribution in [0.1, 0.15) is 0 Å². The molecule has 1 aromatic heterocycles. The number of nitrogens with one attached hydrogen (secondary N) is 2. The highest BCUT2D eigenvalue weighted by Gasteiger charge is 2.12. The maximum absolute atomic E-state index is 10.9. The van der Waals surface area contributed by atoms with Crippen LogP contribution in [-0.2, 0) is 0 Å². The smallest absolute Gasteiger partial charge is 0.276 e. The maximum atomic E-state index is 10.9. The van der Waals surface area contributed by atoms with Crippen LogP contribution in [0.15, 0.2) is 36.4 Å². The first-order valence-electron chi connectivity index (χ1n) is 5.88. The van der Waals surface area contributed by atoms with Gasteiger partial charge in [0.05, 0.1) is 29.9 Å². The average molecular weight is 274 g/mol. The van der Waals surface area contributed by atoms with E-state index in [0.717, 1.165) is 0 Å². The Balaban J connectivity index is 2.37. The number of rotatable bonds is 5. The van der Waals surface area contributed by atoms with Crippen molar-refractivity contribution < 1.29 is 9.66 Å². The Labute approximate surface area is 115 Å². The minimum Gasteiger partial charge on any atom is -0.495 e. The highest BCUT2D eigenvalue weighted by Crippen LogP contribution is 2.28. The van der Waals surface area contributed by atoms with E-state index in [4.69, 9.17) is 4.74 Å². The van der Waals surface area contributed by atoms with Crippen LogP contribution < -0.4 is 15.4 Å². The van der Waals surface area contributed by atoms with E-state index in [1.807, 2.05) is 12.1 Å². The molecule has 2 aromatic rings. The van der Waals surface area contributed by atoms with Gasteiger partial charge in [-0.15, -0.1) is 0 Å². The van der Waals surface area contributed by atoms with E-state index < -0.39 is 4.92 Å². The second kappa shape index (κ2) is 5.87. The number of ether oxygens (including phenoxy) is 1. The fourth-order valence-corrected chi connectivity index (χ4v) is 1.70. The molecule has 0 fully saturated rings. The SMILES string of the molecule is CNc1cc([N+](=O)[O-])cc(Nc2ccccc2OC)n1. The first kappa shape index (κ1) is 13.6. The lowest BCUT2D eigenvalue weighted by Gasteiger charge is -2.11. The van der Waals surface area contributed by atoms with Gasteiger partial charge in [0, 0.05) is 7.05 Å². The average Bonchev–Trinajstić information content (AvgIpc) is 2.47. The molecule has 2 rings (SSSR count). The molecule has 0 amide bonds. The van der Waals surface area contributed by atoms with Gasteiger partial charge in [-0.1, -0.05) is 12.1 Å². The number of hydrogen-bond acceptors (Lipinski definition) is 6. The molecule has 2 N–H and O–H groups in total. The fourth-order valence-electron chi connectivity index (χ4n) is 1.70. The lowest BCUT2D eigenvalue weighted by Crippen LogP contribution is -2.01.